The van der Waals surface area contributed by atoms with E-state index in [1.807, 2.05) is 0 Å². The molecule has 0 aliphatic rings. The summed E-state index contributed by atoms with van der Waals surface area (Å²) in [7, 11) is -7.70. The molecule has 0 N–H and O–H groups in total. The molecule has 2 aromatic rings. The summed E-state index contributed by atoms with van der Waals surface area (Å²) < 4.78 is 52.6. The average Bonchev–Trinajstić information content (AvgIpc) is 2.42. The Balaban J connectivity index is 2.45. The molecule has 0 spiro atoms. The van der Waals surface area contributed by atoms with Gasteiger partial charge in [-0.15, -0.1) is 0 Å². The van der Waals surface area contributed by atoms with Crippen LogP contribution in [0, 0.1) is 6.92 Å². The summed E-state index contributed by atoms with van der Waals surface area (Å²) in [6, 6.07) is 9.68. The Bertz CT molecular complexity index is 918. The number of sulfone groups is 1. The Kier molecular flexibility index (Phi) is 4.51. The van der Waals surface area contributed by atoms with Gasteiger partial charge >= 0.3 is 10.1 Å². The molecule has 5 nitrogen and oxygen atoms in total. The third-order valence-electron chi connectivity index (χ3n) is 2.81. The van der Waals surface area contributed by atoms with Gasteiger partial charge in [0.2, 0.25) is 0 Å². The van der Waals surface area contributed by atoms with Gasteiger partial charge in [0.05, 0.1) is 9.92 Å². The standard InChI is InChI=1S/C14H13ClO5S2/c1-10-6-7-13(15)14(8-10)20-22(18,19)12-5-3-4-11(9-12)21(2,16)17/h3-9H,1-2H3. The molecule has 0 aliphatic heterocycles. The van der Waals surface area contributed by atoms with E-state index in [4.69, 9.17) is 15.8 Å². The molecule has 0 heterocycles. The van der Waals surface area contributed by atoms with Gasteiger partial charge in [0.15, 0.2) is 15.6 Å². The van der Waals surface area contributed by atoms with Crippen LogP contribution in [0.15, 0.2) is 52.3 Å². The van der Waals surface area contributed by atoms with Crippen molar-refractivity contribution in [3.8, 4) is 5.75 Å². The van der Waals surface area contributed by atoms with Gasteiger partial charge in [0.1, 0.15) is 4.90 Å². The first-order valence-electron chi connectivity index (χ1n) is 6.10. The highest BCUT2D eigenvalue weighted by atomic mass is 35.5. The number of halogens is 1. The van der Waals surface area contributed by atoms with Gasteiger partial charge in [-0.05, 0) is 42.8 Å². The van der Waals surface area contributed by atoms with Gasteiger partial charge in [0.25, 0.3) is 0 Å². The lowest BCUT2D eigenvalue weighted by atomic mass is 10.2. The van der Waals surface area contributed by atoms with Crippen molar-refractivity contribution in [2.75, 3.05) is 6.26 Å². The summed E-state index contributed by atoms with van der Waals surface area (Å²) in [6.45, 7) is 1.76. The van der Waals surface area contributed by atoms with E-state index in [9.17, 15) is 16.8 Å². The predicted molar refractivity (Wildman–Crippen MR) is 83.6 cm³/mol. The Morgan fingerprint density at radius 2 is 1.59 bits per heavy atom. The summed E-state index contributed by atoms with van der Waals surface area (Å²) >= 11 is 5.91. The van der Waals surface area contributed by atoms with Gasteiger partial charge in [-0.2, -0.15) is 8.42 Å². The van der Waals surface area contributed by atoms with Crippen molar-refractivity contribution in [1.29, 1.82) is 0 Å². The molecule has 0 amide bonds. The fraction of sp³-hybridized carbons (Fsp3) is 0.143. The van der Waals surface area contributed by atoms with Gasteiger partial charge in [0, 0.05) is 6.26 Å². The monoisotopic (exact) mass is 360 g/mol. The van der Waals surface area contributed by atoms with Crippen LogP contribution in [0.2, 0.25) is 5.02 Å². The van der Waals surface area contributed by atoms with E-state index < -0.39 is 20.0 Å². The molecule has 0 fully saturated rings. The zero-order valence-electron chi connectivity index (χ0n) is 11.8. The maximum absolute atomic E-state index is 12.3. The Morgan fingerprint density at radius 1 is 0.955 bits per heavy atom. The van der Waals surface area contributed by atoms with E-state index in [-0.39, 0.29) is 20.6 Å². The van der Waals surface area contributed by atoms with Crippen LogP contribution in [0.4, 0.5) is 0 Å². The minimum Gasteiger partial charge on any atom is -0.377 e. The molecular formula is C14H13ClO5S2. The largest absolute Gasteiger partial charge is 0.377 e. The van der Waals surface area contributed by atoms with Crippen molar-refractivity contribution in [2.24, 2.45) is 0 Å². The molecule has 0 aliphatic carbocycles. The quantitative estimate of drug-likeness (QED) is 0.783. The van der Waals surface area contributed by atoms with Gasteiger partial charge in [-0.1, -0.05) is 23.7 Å². The molecular weight excluding hydrogens is 348 g/mol. The van der Waals surface area contributed by atoms with Gasteiger partial charge in [-0.3, -0.25) is 0 Å². The van der Waals surface area contributed by atoms with Crippen molar-refractivity contribution < 1.29 is 21.0 Å². The number of benzene rings is 2. The summed E-state index contributed by atoms with van der Waals surface area (Å²) in [6.07, 6.45) is 0.997. The van der Waals surface area contributed by atoms with Crippen molar-refractivity contribution >= 4 is 31.6 Å². The van der Waals surface area contributed by atoms with E-state index >= 15 is 0 Å². The number of rotatable bonds is 4. The molecule has 0 atom stereocenters. The summed E-state index contributed by atoms with van der Waals surface area (Å²) in [4.78, 5) is -0.361. The van der Waals surface area contributed by atoms with Crippen LogP contribution in [0.3, 0.4) is 0 Å². The Hall–Kier alpha value is -1.57. The van der Waals surface area contributed by atoms with E-state index in [0.29, 0.717) is 0 Å². The summed E-state index contributed by atoms with van der Waals surface area (Å²) in [5.74, 6) is -0.00794. The van der Waals surface area contributed by atoms with Crippen LogP contribution >= 0.6 is 11.6 Å². The molecule has 2 rings (SSSR count). The molecule has 0 unspecified atom stereocenters. The van der Waals surface area contributed by atoms with Crippen molar-refractivity contribution in [3.05, 3.63) is 53.1 Å². The van der Waals surface area contributed by atoms with E-state index in [2.05, 4.69) is 0 Å². The SMILES string of the molecule is Cc1ccc(Cl)c(OS(=O)(=O)c2cccc(S(C)(=O)=O)c2)c1. The second kappa shape index (κ2) is 5.91. The van der Waals surface area contributed by atoms with Crippen molar-refractivity contribution in [2.45, 2.75) is 16.7 Å². The third-order valence-corrected chi connectivity index (χ3v) is 5.46. The number of aryl methyl sites for hydroxylation is 1. The molecule has 8 heteroatoms. The van der Waals surface area contributed by atoms with E-state index in [0.717, 1.165) is 17.9 Å². The lowest BCUT2D eigenvalue weighted by Gasteiger charge is -2.10. The molecule has 22 heavy (non-hydrogen) atoms. The third kappa shape index (κ3) is 3.79. The number of hydrogen-bond acceptors (Lipinski definition) is 5. The maximum atomic E-state index is 12.3. The zero-order chi connectivity index (χ0) is 16.5. The minimum atomic E-state index is -4.18. The highest BCUT2D eigenvalue weighted by Crippen LogP contribution is 2.28. The normalized spacial score (nSPS) is 12.1. The lowest BCUT2D eigenvalue weighted by molar-refractivity contribution is 0.486. The average molecular weight is 361 g/mol. The predicted octanol–water partition coefficient (Wildman–Crippen LogP) is 2.82. The Labute approximate surface area is 134 Å². The fourth-order valence-corrected chi connectivity index (χ4v) is 3.63. The second-order valence-corrected chi connectivity index (χ2v) is 8.69. The van der Waals surface area contributed by atoms with Crippen LogP contribution < -0.4 is 4.18 Å². The minimum absolute atomic E-state index is 0.00794. The molecule has 2 aromatic carbocycles. The first-order chi connectivity index (χ1) is 10.1. The topological polar surface area (TPSA) is 77.5 Å². The van der Waals surface area contributed by atoms with Crippen LogP contribution in [-0.4, -0.2) is 23.1 Å². The second-order valence-electron chi connectivity index (χ2n) is 4.72. The molecule has 0 saturated carbocycles. The van der Waals surface area contributed by atoms with Crippen LogP contribution in [0.1, 0.15) is 5.56 Å². The smallest absolute Gasteiger partial charge is 0.339 e. The number of hydrogen-bond donors (Lipinski definition) is 0. The van der Waals surface area contributed by atoms with E-state index in [1.54, 1.807) is 13.0 Å². The van der Waals surface area contributed by atoms with Crippen LogP contribution in [0.5, 0.6) is 5.75 Å². The van der Waals surface area contributed by atoms with Gasteiger partial charge in [-0.25, -0.2) is 8.42 Å². The van der Waals surface area contributed by atoms with Crippen LogP contribution in [0.25, 0.3) is 0 Å². The lowest BCUT2D eigenvalue weighted by Crippen LogP contribution is -2.11. The molecule has 118 valence electrons. The zero-order valence-corrected chi connectivity index (χ0v) is 14.2. The first-order valence-corrected chi connectivity index (χ1v) is 9.78. The van der Waals surface area contributed by atoms with Crippen molar-refractivity contribution in [1.82, 2.24) is 0 Å². The molecule has 0 radical (unpaired) electrons. The Morgan fingerprint density at radius 3 is 2.23 bits per heavy atom. The first kappa shape index (κ1) is 16.8. The highest BCUT2D eigenvalue weighted by molar-refractivity contribution is 7.90. The molecule has 0 bridgehead atoms. The summed E-state index contributed by atoms with van der Waals surface area (Å²) in [5, 5.41) is 0.147. The van der Waals surface area contributed by atoms with Crippen LogP contribution in [-0.2, 0) is 20.0 Å². The summed E-state index contributed by atoms with van der Waals surface area (Å²) in [5.41, 5.74) is 0.777. The highest BCUT2D eigenvalue weighted by Gasteiger charge is 2.20. The molecule has 0 saturated heterocycles. The fourth-order valence-electron chi connectivity index (χ4n) is 1.70. The maximum Gasteiger partial charge on any atom is 0.339 e. The molecule has 0 aromatic heterocycles. The van der Waals surface area contributed by atoms with Crippen molar-refractivity contribution in [3.63, 3.8) is 0 Å². The van der Waals surface area contributed by atoms with Gasteiger partial charge < -0.3 is 4.18 Å². The van der Waals surface area contributed by atoms with E-state index in [1.165, 1.54) is 30.3 Å².